The van der Waals surface area contributed by atoms with Gasteiger partial charge in [0.1, 0.15) is 5.75 Å². The third-order valence-corrected chi connectivity index (χ3v) is 4.93. The number of para-hydroxylation sites is 1. The van der Waals surface area contributed by atoms with Crippen molar-refractivity contribution in [3.8, 4) is 5.75 Å². The average molecular weight is 377 g/mol. The molecule has 0 heterocycles. The summed E-state index contributed by atoms with van der Waals surface area (Å²) in [4.78, 5) is 7.28. The van der Waals surface area contributed by atoms with E-state index in [1.165, 1.54) is 12.0 Å². The molecule has 0 aliphatic heterocycles. The number of aliphatic imine (C=N–C) groups is 1. The van der Waals surface area contributed by atoms with Crippen molar-refractivity contribution in [2.45, 2.75) is 59.4 Å². The van der Waals surface area contributed by atoms with Gasteiger partial charge in [-0.1, -0.05) is 39.0 Å². The monoisotopic (exact) mass is 376 g/mol. The number of nitrogens with one attached hydrogen (secondary N) is 2. The van der Waals surface area contributed by atoms with Gasteiger partial charge in [-0.15, -0.1) is 0 Å². The van der Waals surface area contributed by atoms with Crippen LogP contribution in [0.25, 0.3) is 0 Å². The highest BCUT2D eigenvalue weighted by molar-refractivity contribution is 5.80. The number of benzene rings is 1. The zero-order valence-electron chi connectivity index (χ0n) is 18.2. The molecule has 1 aromatic rings. The molecule has 2 N–H and O–H groups in total. The van der Waals surface area contributed by atoms with E-state index in [1.807, 2.05) is 12.1 Å². The Bertz CT molecular complexity index is 543. The van der Waals surface area contributed by atoms with Gasteiger partial charge in [-0.25, -0.2) is 0 Å². The maximum Gasteiger partial charge on any atom is 0.191 e. The highest BCUT2D eigenvalue weighted by Gasteiger charge is 2.12. The normalized spacial score (nSPS) is 14.1. The quantitative estimate of drug-likeness (QED) is 0.429. The van der Waals surface area contributed by atoms with Gasteiger partial charge in [0.05, 0.1) is 7.11 Å². The van der Waals surface area contributed by atoms with E-state index in [9.17, 15) is 0 Å². The van der Waals surface area contributed by atoms with E-state index in [2.05, 4.69) is 62.3 Å². The highest BCUT2D eigenvalue weighted by Crippen LogP contribution is 2.26. The van der Waals surface area contributed by atoms with Crippen LogP contribution < -0.4 is 15.4 Å². The van der Waals surface area contributed by atoms with E-state index < -0.39 is 0 Å². The summed E-state index contributed by atoms with van der Waals surface area (Å²) in [5.41, 5.74) is 1.20. The Balaban J connectivity index is 2.58. The van der Waals surface area contributed by atoms with Gasteiger partial charge in [0.25, 0.3) is 0 Å². The van der Waals surface area contributed by atoms with Gasteiger partial charge in [-0.3, -0.25) is 4.99 Å². The Morgan fingerprint density at radius 3 is 2.48 bits per heavy atom. The summed E-state index contributed by atoms with van der Waals surface area (Å²) in [6.07, 6.45) is 2.34. The van der Waals surface area contributed by atoms with E-state index in [0.29, 0.717) is 12.0 Å². The number of nitrogens with zero attached hydrogens (tertiary/aromatic N) is 2. The van der Waals surface area contributed by atoms with Crippen LogP contribution >= 0.6 is 0 Å². The fraction of sp³-hybridized carbons (Fsp3) is 0.682. The smallest absolute Gasteiger partial charge is 0.191 e. The number of rotatable bonds is 12. The van der Waals surface area contributed by atoms with Crippen molar-refractivity contribution in [1.82, 2.24) is 15.5 Å². The molecule has 2 atom stereocenters. The first-order valence-corrected chi connectivity index (χ1v) is 10.5. The number of ether oxygens (including phenoxy) is 1. The second-order valence-corrected chi connectivity index (χ2v) is 7.08. The van der Waals surface area contributed by atoms with Gasteiger partial charge < -0.3 is 20.3 Å². The molecule has 0 spiro atoms. The fourth-order valence-electron chi connectivity index (χ4n) is 3.19. The van der Waals surface area contributed by atoms with Gasteiger partial charge in [0, 0.05) is 25.0 Å². The molecule has 1 aromatic carbocycles. The summed E-state index contributed by atoms with van der Waals surface area (Å²) < 4.78 is 5.48. The number of guanidine groups is 1. The molecule has 0 aliphatic rings. The van der Waals surface area contributed by atoms with Gasteiger partial charge in [-0.2, -0.15) is 0 Å². The third-order valence-electron chi connectivity index (χ3n) is 4.93. The standard InChI is InChI=1S/C22H40N4O/c1-7-23-22(25-19(5)13-12-16-26(8-2)9-3)24-17-18(4)20-14-10-11-15-21(20)27-6/h10-11,14-15,18-19H,7-9,12-13,16-17H2,1-6H3,(H2,23,24,25). The maximum atomic E-state index is 5.48. The van der Waals surface area contributed by atoms with Crippen LogP contribution in [-0.2, 0) is 0 Å². The minimum Gasteiger partial charge on any atom is -0.496 e. The first kappa shape index (κ1) is 23.3. The first-order valence-electron chi connectivity index (χ1n) is 10.5. The maximum absolute atomic E-state index is 5.48. The molecule has 154 valence electrons. The van der Waals surface area contributed by atoms with E-state index in [1.54, 1.807) is 7.11 Å². The Hall–Kier alpha value is -1.75. The van der Waals surface area contributed by atoms with Gasteiger partial charge >= 0.3 is 0 Å². The number of hydrogen-bond donors (Lipinski definition) is 2. The molecule has 5 heteroatoms. The molecule has 0 aliphatic carbocycles. The molecule has 1 rings (SSSR count). The Kier molecular flexibility index (Phi) is 11.6. The highest BCUT2D eigenvalue weighted by atomic mass is 16.5. The Morgan fingerprint density at radius 2 is 1.85 bits per heavy atom. The van der Waals surface area contributed by atoms with E-state index in [-0.39, 0.29) is 0 Å². The summed E-state index contributed by atoms with van der Waals surface area (Å²) in [6.45, 7) is 16.0. The second-order valence-electron chi connectivity index (χ2n) is 7.08. The van der Waals surface area contributed by atoms with Crippen LogP contribution in [0.15, 0.2) is 29.3 Å². The molecule has 27 heavy (non-hydrogen) atoms. The van der Waals surface area contributed by atoms with Crippen LogP contribution in [0.2, 0.25) is 0 Å². The molecule has 0 fully saturated rings. The van der Waals surface area contributed by atoms with Crippen LogP contribution in [-0.4, -0.2) is 56.7 Å². The average Bonchev–Trinajstić information content (AvgIpc) is 2.69. The minimum absolute atomic E-state index is 0.301. The van der Waals surface area contributed by atoms with Crippen molar-refractivity contribution in [3.05, 3.63) is 29.8 Å². The van der Waals surface area contributed by atoms with Crippen molar-refractivity contribution in [3.63, 3.8) is 0 Å². The second kappa shape index (κ2) is 13.4. The molecule has 0 amide bonds. The lowest BCUT2D eigenvalue weighted by atomic mass is 10.0. The lowest BCUT2D eigenvalue weighted by molar-refractivity contribution is 0.292. The van der Waals surface area contributed by atoms with Gasteiger partial charge in [0.2, 0.25) is 0 Å². The lowest BCUT2D eigenvalue weighted by Crippen LogP contribution is -2.42. The van der Waals surface area contributed by atoms with Crippen molar-refractivity contribution in [1.29, 1.82) is 0 Å². The van der Waals surface area contributed by atoms with Crippen LogP contribution in [0.3, 0.4) is 0 Å². The minimum atomic E-state index is 0.301. The first-order chi connectivity index (χ1) is 13.0. The largest absolute Gasteiger partial charge is 0.496 e. The topological polar surface area (TPSA) is 48.9 Å². The third kappa shape index (κ3) is 8.65. The van der Waals surface area contributed by atoms with E-state index >= 15 is 0 Å². The molecular weight excluding hydrogens is 336 g/mol. The van der Waals surface area contributed by atoms with Crippen molar-refractivity contribution in [2.24, 2.45) is 4.99 Å². The van der Waals surface area contributed by atoms with Gasteiger partial charge in [0.15, 0.2) is 5.96 Å². The zero-order chi connectivity index (χ0) is 20.1. The van der Waals surface area contributed by atoms with Crippen molar-refractivity contribution in [2.75, 3.05) is 39.8 Å². The number of hydrogen-bond acceptors (Lipinski definition) is 3. The number of methoxy groups -OCH3 is 1. The zero-order valence-corrected chi connectivity index (χ0v) is 18.2. The van der Waals surface area contributed by atoms with Crippen LogP contribution in [0.1, 0.15) is 58.9 Å². The molecule has 0 aromatic heterocycles. The summed E-state index contributed by atoms with van der Waals surface area (Å²) in [5, 5.41) is 6.92. The summed E-state index contributed by atoms with van der Waals surface area (Å²) in [6, 6.07) is 8.59. The molecule has 0 radical (unpaired) electrons. The van der Waals surface area contributed by atoms with Crippen LogP contribution in [0.4, 0.5) is 0 Å². The molecular formula is C22H40N4O. The molecule has 2 unspecified atom stereocenters. The Morgan fingerprint density at radius 1 is 1.15 bits per heavy atom. The predicted molar refractivity (Wildman–Crippen MR) is 117 cm³/mol. The fourth-order valence-corrected chi connectivity index (χ4v) is 3.19. The van der Waals surface area contributed by atoms with E-state index in [0.717, 1.165) is 50.9 Å². The van der Waals surface area contributed by atoms with Gasteiger partial charge in [-0.05, 0) is 58.0 Å². The molecule has 0 saturated carbocycles. The Labute approximate surface area is 166 Å². The van der Waals surface area contributed by atoms with Crippen LogP contribution in [0.5, 0.6) is 5.75 Å². The molecule has 0 saturated heterocycles. The van der Waals surface area contributed by atoms with Crippen molar-refractivity contribution < 1.29 is 4.74 Å². The summed E-state index contributed by atoms with van der Waals surface area (Å²) in [7, 11) is 1.72. The SMILES string of the molecule is CCNC(=NCC(C)c1ccccc1OC)NC(C)CCCN(CC)CC. The summed E-state index contributed by atoms with van der Waals surface area (Å²) in [5.74, 6) is 2.13. The molecule has 5 nitrogen and oxygen atoms in total. The van der Waals surface area contributed by atoms with E-state index in [4.69, 9.17) is 9.73 Å². The predicted octanol–water partition coefficient (Wildman–Crippen LogP) is 3.86. The lowest BCUT2D eigenvalue weighted by Gasteiger charge is -2.21. The van der Waals surface area contributed by atoms with Crippen molar-refractivity contribution >= 4 is 5.96 Å². The summed E-state index contributed by atoms with van der Waals surface area (Å²) >= 11 is 0. The molecule has 0 bridgehead atoms. The van der Waals surface area contributed by atoms with Crippen LogP contribution in [0, 0.1) is 0 Å².